The highest BCUT2D eigenvalue weighted by molar-refractivity contribution is 7.98. The highest BCUT2D eigenvalue weighted by Crippen LogP contribution is 2.48. The molecule has 2 aromatic heterocycles. The Labute approximate surface area is 257 Å². The average molecular weight is 640 g/mol. The Balaban J connectivity index is 2.16. The van der Waals surface area contributed by atoms with Gasteiger partial charge in [-0.3, -0.25) is 0 Å². The molecule has 2 aromatic rings. The lowest BCUT2D eigenvalue weighted by molar-refractivity contribution is -0.0191. The molecule has 3 heterocycles. The van der Waals surface area contributed by atoms with E-state index in [0.29, 0.717) is 6.61 Å². The highest BCUT2D eigenvalue weighted by atomic mass is 32.2. The molecule has 3 rings (SSSR count). The van der Waals surface area contributed by atoms with Crippen LogP contribution in [0.25, 0.3) is 5.52 Å². The quantitative estimate of drug-likeness (QED) is 0.201. The normalized spacial score (nSPS) is 23.5. The molecule has 11 heteroatoms. The van der Waals surface area contributed by atoms with Crippen LogP contribution in [-0.2, 0) is 18.0 Å². The van der Waals surface area contributed by atoms with E-state index >= 15 is 0 Å². The monoisotopic (exact) mass is 639 g/mol. The second kappa shape index (κ2) is 11.8. The van der Waals surface area contributed by atoms with E-state index in [9.17, 15) is 0 Å². The summed E-state index contributed by atoms with van der Waals surface area (Å²) < 4.78 is 30.4. The van der Waals surface area contributed by atoms with Gasteiger partial charge in [0.2, 0.25) is 0 Å². The number of hydrogen-bond donors (Lipinski definition) is 0. The zero-order valence-electron chi connectivity index (χ0n) is 28.6. The summed E-state index contributed by atoms with van der Waals surface area (Å²) in [5.41, 5.74) is 1.95. The summed E-state index contributed by atoms with van der Waals surface area (Å²) in [6.45, 7) is 34.9. The predicted molar refractivity (Wildman–Crippen MR) is 180 cm³/mol. The Kier molecular flexibility index (Phi) is 10.0. The van der Waals surface area contributed by atoms with Crippen molar-refractivity contribution in [2.75, 3.05) is 12.9 Å². The van der Waals surface area contributed by atoms with Gasteiger partial charge >= 0.3 is 0 Å². The van der Waals surface area contributed by atoms with Gasteiger partial charge in [0.25, 0.3) is 0 Å². The first-order chi connectivity index (χ1) is 18.4. The Hall–Kier alpha value is -0.539. The molecule has 0 spiro atoms. The lowest BCUT2D eigenvalue weighted by Gasteiger charge is -2.44. The standard InChI is InChI=1S/C30H57N3O4SSi3/c1-28(2,3)39(11,12)34-19-23-25(36-40(13,14)29(4,5)6)26(37-41(15,16)30(7,8)9)24(35-23)21-17-18-22-27(38-10)31-20-32-33(21)22/h17-18,20,23-26H,19H2,1-16H3/t23-,24-,25-,26-/m1/s1. The highest BCUT2D eigenvalue weighted by Gasteiger charge is 2.55. The molecule has 0 aliphatic carbocycles. The number of nitrogens with zero attached hydrogens (tertiary/aromatic N) is 3. The number of aromatic nitrogens is 3. The van der Waals surface area contributed by atoms with Crippen LogP contribution in [0.3, 0.4) is 0 Å². The third-order valence-corrected chi connectivity index (χ3v) is 24.3. The van der Waals surface area contributed by atoms with Gasteiger partial charge in [-0.1, -0.05) is 62.3 Å². The minimum absolute atomic E-state index is 0.0320. The largest absolute Gasteiger partial charge is 0.414 e. The van der Waals surface area contributed by atoms with Crippen LogP contribution in [0.2, 0.25) is 54.4 Å². The summed E-state index contributed by atoms with van der Waals surface area (Å²) in [7, 11) is -6.43. The second-order valence-electron chi connectivity index (χ2n) is 16.2. The van der Waals surface area contributed by atoms with E-state index in [0.717, 1.165) is 16.2 Å². The molecule has 1 aliphatic heterocycles. The maximum atomic E-state index is 7.31. The third kappa shape index (κ3) is 7.24. The fourth-order valence-corrected chi connectivity index (χ4v) is 8.36. The molecular weight excluding hydrogens is 583 g/mol. The summed E-state index contributed by atoms with van der Waals surface area (Å²) >= 11 is 1.62. The van der Waals surface area contributed by atoms with Gasteiger partial charge in [0.15, 0.2) is 25.0 Å². The predicted octanol–water partition coefficient (Wildman–Crippen LogP) is 8.69. The number of thioether (sulfide) groups is 1. The first kappa shape index (κ1) is 34.9. The van der Waals surface area contributed by atoms with Crippen LogP contribution in [0.15, 0.2) is 23.5 Å². The van der Waals surface area contributed by atoms with Crippen molar-refractivity contribution in [3.05, 3.63) is 24.2 Å². The van der Waals surface area contributed by atoms with E-state index in [-0.39, 0.29) is 39.5 Å². The van der Waals surface area contributed by atoms with Gasteiger partial charge in [-0.25, -0.2) is 9.50 Å². The Morgan fingerprint density at radius 2 is 1.32 bits per heavy atom. The summed E-state index contributed by atoms with van der Waals surface area (Å²) in [5.74, 6) is 0. The molecular formula is C30H57N3O4SSi3. The molecule has 234 valence electrons. The zero-order valence-corrected chi connectivity index (χ0v) is 32.4. The molecule has 41 heavy (non-hydrogen) atoms. The van der Waals surface area contributed by atoms with E-state index in [1.54, 1.807) is 18.1 Å². The SMILES string of the molecule is CSc1ncnn2c([C@H]3O[C@H](CO[Si](C)(C)C(C)(C)C)[C@@H](O[Si](C)(C)C(C)(C)C)[C@@H]3O[Si](C)(C)C(C)(C)C)ccc12. The van der Waals surface area contributed by atoms with Crippen LogP contribution in [0.4, 0.5) is 0 Å². The second-order valence-corrected chi connectivity index (χ2v) is 31.3. The molecule has 1 saturated heterocycles. The van der Waals surface area contributed by atoms with Crippen molar-refractivity contribution in [2.45, 2.75) is 146 Å². The number of fused-ring (bicyclic) bond motifs is 1. The molecule has 0 unspecified atom stereocenters. The molecule has 1 aliphatic rings. The molecule has 0 N–H and O–H groups in total. The molecule has 7 nitrogen and oxygen atoms in total. The van der Waals surface area contributed by atoms with Crippen LogP contribution < -0.4 is 0 Å². The molecule has 0 radical (unpaired) electrons. The van der Waals surface area contributed by atoms with Crippen LogP contribution in [0, 0.1) is 0 Å². The van der Waals surface area contributed by atoms with E-state index in [1.807, 2.05) is 10.8 Å². The van der Waals surface area contributed by atoms with Crippen molar-refractivity contribution in [1.29, 1.82) is 0 Å². The van der Waals surface area contributed by atoms with Gasteiger partial charge in [0, 0.05) is 0 Å². The lowest BCUT2D eigenvalue weighted by atomic mass is 10.1. The topological polar surface area (TPSA) is 67.1 Å². The molecule has 0 saturated carbocycles. The fourth-order valence-electron chi connectivity index (χ4n) is 4.22. The Morgan fingerprint density at radius 1 is 0.805 bits per heavy atom. The minimum atomic E-state index is -2.21. The Morgan fingerprint density at radius 3 is 1.80 bits per heavy atom. The Bertz CT molecular complexity index is 1200. The van der Waals surface area contributed by atoms with Gasteiger partial charge in [0.05, 0.1) is 17.8 Å². The first-order valence-electron chi connectivity index (χ1n) is 15.0. The van der Waals surface area contributed by atoms with E-state index in [4.69, 9.17) is 18.0 Å². The maximum Gasteiger partial charge on any atom is 0.192 e. The van der Waals surface area contributed by atoms with Gasteiger partial charge in [-0.05, 0) is 72.8 Å². The lowest BCUT2D eigenvalue weighted by Crippen LogP contribution is -2.54. The van der Waals surface area contributed by atoms with Crippen molar-refractivity contribution in [3.63, 3.8) is 0 Å². The van der Waals surface area contributed by atoms with Crippen molar-refractivity contribution < 1.29 is 18.0 Å². The first-order valence-corrected chi connectivity index (χ1v) is 24.9. The van der Waals surface area contributed by atoms with Crippen molar-refractivity contribution in [1.82, 2.24) is 14.6 Å². The maximum absolute atomic E-state index is 7.31. The molecule has 4 atom stereocenters. The molecule has 0 amide bonds. The van der Waals surface area contributed by atoms with Crippen LogP contribution in [-0.4, -0.2) is 70.7 Å². The van der Waals surface area contributed by atoms with Gasteiger partial charge < -0.3 is 18.0 Å². The number of rotatable bonds is 9. The van der Waals surface area contributed by atoms with Gasteiger partial charge in [-0.15, -0.1) is 11.8 Å². The molecule has 0 bridgehead atoms. The average Bonchev–Trinajstić information content (AvgIpc) is 3.36. The molecule has 0 aromatic carbocycles. The number of hydrogen-bond acceptors (Lipinski definition) is 7. The van der Waals surface area contributed by atoms with Crippen molar-refractivity contribution in [2.24, 2.45) is 0 Å². The van der Waals surface area contributed by atoms with Crippen LogP contribution in [0.5, 0.6) is 0 Å². The summed E-state index contributed by atoms with van der Waals surface area (Å²) in [6.07, 6.45) is 2.52. The van der Waals surface area contributed by atoms with Gasteiger partial charge in [0.1, 0.15) is 35.8 Å². The van der Waals surface area contributed by atoms with E-state index in [2.05, 4.69) is 124 Å². The fraction of sp³-hybridized carbons (Fsp3) is 0.800. The summed E-state index contributed by atoms with van der Waals surface area (Å²) in [5, 5.41) is 5.78. The summed E-state index contributed by atoms with van der Waals surface area (Å²) in [4.78, 5) is 4.49. The summed E-state index contributed by atoms with van der Waals surface area (Å²) in [6, 6.07) is 4.22. The zero-order chi connectivity index (χ0) is 31.4. The van der Waals surface area contributed by atoms with E-state index in [1.165, 1.54) is 0 Å². The van der Waals surface area contributed by atoms with Gasteiger partial charge in [-0.2, -0.15) is 5.10 Å². The molecule has 1 fully saturated rings. The smallest absolute Gasteiger partial charge is 0.192 e. The number of ether oxygens (including phenoxy) is 1. The van der Waals surface area contributed by atoms with Crippen LogP contribution >= 0.6 is 11.8 Å². The van der Waals surface area contributed by atoms with E-state index < -0.39 is 25.0 Å². The van der Waals surface area contributed by atoms with Crippen LogP contribution in [0.1, 0.15) is 74.1 Å². The van der Waals surface area contributed by atoms with Crippen molar-refractivity contribution in [3.8, 4) is 0 Å². The minimum Gasteiger partial charge on any atom is -0.414 e. The third-order valence-electron chi connectivity index (χ3n) is 10.1. The van der Waals surface area contributed by atoms with Crippen molar-refractivity contribution >= 4 is 42.2 Å².